The van der Waals surface area contributed by atoms with Gasteiger partial charge in [0.25, 0.3) is 0 Å². The molecule has 0 fully saturated rings. The van der Waals surface area contributed by atoms with Crippen LogP contribution in [0.15, 0.2) is 12.0 Å². The summed E-state index contributed by atoms with van der Waals surface area (Å²) < 4.78 is 12.7. The number of fused-ring (bicyclic) bond motifs is 1. The fraction of sp³-hybridized carbons (Fsp3) is 0.632. The predicted octanol–water partition coefficient (Wildman–Crippen LogP) is 3.61. The van der Waals surface area contributed by atoms with Gasteiger partial charge < -0.3 is 19.1 Å². The van der Waals surface area contributed by atoms with E-state index in [1.165, 1.54) is 0 Å². The number of aromatic nitrogens is 2. The Labute approximate surface area is 159 Å². The summed E-state index contributed by atoms with van der Waals surface area (Å²) in [4.78, 5) is 30.8. The Morgan fingerprint density at radius 1 is 1.15 bits per heavy atom. The molecular formula is C19H29N3O5. The van der Waals surface area contributed by atoms with Crippen molar-refractivity contribution < 1.29 is 24.2 Å². The van der Waals surface area contributed by atoms with Gasteiger partial charge in [0.15, 0.2) is 11.5 Å². The SMILES string of the molecule is CCCn1cnc2c1CN(C(=O)OC(C)(C)C)C(C(=O)OC(C)(C)C)=C2O. The molecule has 1 aliphatic rings. The minimum atomic E-state index is -0.804. The van der Waals surface area contributed by atoms with Crippen LogP contribution in [0.3, 0.4) is 0 Å². The second-order valence-corrected chi connectivity index (χ2v) is 8.50. The number of hydrogen-bond acceptors (Lipinski definition) is 6. The topological polar surface area (TPSA) is 93.9 Å². The number of imidazole rings is 1. The van der Waals surface area contributed by atoms with Crippen molar-refractivity contribution in [2.24, 2.45) is 0 Å². The van der Waals surface area contributed by atoms with Crippen molar-refractivity contribution in [3.63, 3.8) is 0 Å². The monoisotopic (exact) mass is 379 g/mol. The van der Waals surface area contributed by atoms with Crippen LogP contribution in [0.5, 0.6) is 0 Å². The molecule has 1 amide bonds. The Hall–Kier alpha value is -2.51. The summed E-state index contributed by atoms with van der Waals surface area (Å²) in [6.45, 7) is 13.1. The van der Waals surface area contributed by atoms with Gasteiger partial charge in [-0.3, -0.25) is 4.90 Å². The van der Waals surface area contributed by atoms with E-state index in [1.54, 1.807) is 47.9 Å². The lowest BCUT2D eigenvalue weighted by atomic mass is 10.1. The van der Waals surface area contributed by atoms with Crippen molar-refractivity contribution >= 4 is 17.8 Å². The molecule has 0 bridgehead atoms. The summed E-state index contributed by atoms with van der Waals surface area (Å²) in [6.07, 6.45) is 1.72. The van der Waals surface area contributed by atoms with E-state index < -0.39 is 23.3 Å². The molecule has 8 heteroatoms. The van der Waals surface area contributed by atoms with Gasteiger partial charge in [-0.1, -0.05) is 6.92 Å². The summed E-state index contributed by atoms with van der Waals surface area (Å²) in [5.41, 5.74) is -0.869. The van der Waals surface area contributed by atoms with Gasteiger partial charge >= 0.3 is 12.1 Å². The minimum Gasteiger partial charge on any atom is -0.504 e. The van der Waals surface area contributed by atoms with E-state index in [4.69, 9.17) is 9.47 Å². The highest BCUT2D eigenvalue weighted by Gasteiger charge is 2.39. The number of aliphatic hydroxyl groups excluding tert-OH is 1. The van der Waals surface area contributed by atoms with Gasteiger partial charge in [-0.05, 0) is 48.0 Å². The first-order valence-corrected chi connectivity index (χ1v) is 9.05. The smallest absolute Gasteiger partial charge is 0.415 e. The molecular weight excluding hydrogens is 350 g/mol. The number of esters is 1. The number of nitrogens with zero attached hydrogens (tertiary/aromatic N) is 3. The van der Waals surface area contributed by atoms with Crippen LogP contribution in [0.1, 0.15) is 66.3 Å². The number of amides is 1. The molecule has 27 heavy (non-hydrogen) atoms. The van der Waals surface area contributed by atoms with Crippen LogP contribution in [0.2, 0.25) is 0 Å². The molecule has 1 aliphatic heterocycles. The van der Waals surface area contributed by atoms with Crippen molar-refractivity contribution in [1.82, 2.24) is 14.5 Å². The molecule has 0 spiro atoms. The highest BCUT2D eigenvalue weighted by atomic mass is 16.6. The van der Waals surface area contributed by atoms with E-state index >= 15 is 0 Å². The molecule has 0 atom stereocenters. The minimum absolute atomic E-state index is 0.0584. The molecule has 0 unspecified atom stereocenters. The molecule has 150 valence electrons. The Balaban J connectivity index is 2.52. The van der Waals surface area contributed by atoms with E-state index in [0.29, 0.717) is 12.2 Å². The summed E-state index contributed by atoms with van der Waals surface area (Å²) in [6, 6.07) is 0. The van der Waals surface area contributed by atoms with E-state index in [2.05, 4.69) is 4.98 Å². The lowest BCUT2D eigenvalue weighted by Gasteiger charge is -2.32. The Kier molecular flexibility index (Phi) is 5.58. The lowest BCUT2D eigenvalue weighted by molar-refractivity contribution is -0.152. The van der Waals surface area contributed by atoms with E-state index in [0.717, 1.165) is 11.3 Å². The van der Waals surface area contributed by atoms with Crippen LogP contribution in [0.4, 0.5) is 4.79 Å². The molecule has 0 radical (unpaired) electrons. The van der Waals surface area contributed by atoms with Crippen LogP contribution in [-0.2, 0) is 27.4 Å². The molecule has 1 N–H and O–H groups in total. The summed E-state index contributed by atoms with van der Waals surface area (Å²) in [7, 11) is 0. The van der Waals surface area contributed by atoms with Gasteiger partial charge in [0.1, 0.15) is 16.9 Å². The Morgan fingerprint density at radius 3 is 2.26 bits per heavy atom. The number of aryl methyl sites for hydroxylation is 1. The van der Waals surface area contributed by atoms with Gasteiger partial charge in [-0.15, -0.1) is 0 Å². The molecule has 2 rings (SSSR count). The number of aliphatic hydroxyl groups is 1. The molecule has 0 aliphatic carbocycles. The number of carbonyl (C=O) groups is 2. The van der Waals surface area contributed by atoms with Gasteiger partial charge in [0.2, 0.25) is 0 Å². The van der Waals surface area contributed by atoms with E-state index in [-0.39, 0.29) is 23.7 Å². The maximum absolute atomic E-state index is 12.8. The third-order valence-corrected chi connectivity index (χ3v) is 3.64. The second kappa shape index (κ2) is 7.25. The fourth-order valence-electron chi connectivity index (χ4n) is 2.68. The normalized spacial score (nSPS) is 14.9. The van der Waals surface area contributed by atoms with Gasteiger partial charge in [-0.2, -0.15) is 0 Å². The van der Waals surface area contributed by atoms with Crippen molar-refractivity contribution in [2.45, 2.75) is 79.2 Å². The maximum atomic E-state index is 12.8. The van der Waals surface area contributed by atoms with Crippen LogP contribution in [-0.4, -0.2) is 42.8 Å². The highest BCUT2D eigenvalue weighted by molar-refractivity contribution is 5.99. The fourth-order valence-corrected chi connectivity index (χ4v) is 2.68. The molecule has 2 heterocycles. The molecule has 1 aromatic rings. The largest absolute Gasteiger partial charge is 0.504 e. The molecule has 0 saturated carbocycles. The van der Waals surface area contributed by atoms with E-state index in [1.807, 2.05) is 11.5 Å². The van der Waals surface area contributed by atoms with Crippen LogP contribution in [0, 0.1) is 0 Å². The zero-order valence-electron chi connectivity index (χ0n) is 17.1. The Bertz CT molecular complexity index is 765. The van der Waals surface area contributed by atoms with Crippen molar-refractivity contribution in [3.05, 3.63) is 23.4 Å². The van der Waals surface area contributed by atoms with Crippen LogP contribution in [0.25, 0.3) is 5.76 Å². The predicted molar refractivity (Wildman–Crippen MR) is 99.7 cm³/mol. The number of ether oxygens (including phenoxy) is 2. The molecule has 8 nitrogen and oxygen atoms in total. The number of carbonyl (C=O) groups excluding carboxylic acids is 2. The second-order valence-electron chi connectivity index (χ2n) is 8.50. The van der Waals surface area contributed by atoms with Crippen molar-refractivity contribution in [2.75, 3.05) is 0 Å². The van der Waals surface area contributed by atoms with Gasteiger partial charge in [0, 0.05) is 6.54 Å². The standard InChI is InChI=1S/C19H29N3O5/c1-8-9-21-11-20-13-12(21)10-22(17(25)27-19(5,6)7)14(15(13)23)16(24)26-18(2,3)4/h11,23H,8-10H2,1-7H3. The molecule has 0 aromatic carbocycles. The average molecular weight is 379 g/mol. The van der Waals surface area contributed by atoms with Gasteiger partial charge in [0.05, 0.1) is 18.6 Å². The van der Waals surface area contributed by atoms with E-state index in [9.17, 15) is 14.7 Å². The summed E-state index contributed by atoms with van der Waals surface area (Å²) in [5.74, 6) is -1.19. The first kappa shape index (κ1) is 20.8. The quantitative estimate of drug-likeness (QED) is 0.806. The van der Waals surface area contributed by atoms with Crippen molar-refractivity contribution in [3.8, 4) is 0 Å². The Morgan fingerprint density at radius 2 is 1.74 bits per heavy atom. The number of hydrogen-bond donors (Lipinski definition) is 1. The first-order chi connectivity index (χ1) is 12.3. The van der Waals surface area contributed by atoms with Gasteiger partial charge in [-0.25, -0.2) is 14.6 Å². The van der Waals surface area contributed by atoms with Crippen molar-refractivity contribution in [1.29, 1.82) is 0 Å². The average Bonchev–Trinajstić information content (AvgIpc) is 2.87. The third-order valence-electron chi connectivity index (χ3n) is 3.64. The third kappa shape index (κ3) is 4.81. The van der Waals surface area contributed by atoms with Crippen LogP contribution < -0.4 is 0 Å². The van der Waals surface area contributed by atoms with Crippen LogP contribution >= 0.6 is 0 Å². The summed E-state index contributed by atoms with van der Waals surface area (Å²) >= 11 is 0. The summed E-state index contributed by atoms with van der Waals surface area (Å²) in [5, 5.41) is 10.7. The molecule has 0 saturated heterocycles. The zero-order valence-corrected chi connectivity index (χ0v) is 17.1. The maximum Gasteiger partial charge on any atom is 0.415 e. The lowest BCUT2D eigenvalue weighted by Crippen LogP contribution is -2.42. The first-order valence-electron chi connectivity index (χ1n) is 9.05. The number of rotatable bonds is 3. The highest BCUT2D eigenvalue weighted by Crippen LogP contribution is 2.32. The zero-order chi connectivity index (χ0) is 20.6. The molecule has 1 aromatic heterocycles.